The molecule has 0 spiro atoms. The van der Waals surface area contributed by atoms with Crippen molar-refractivity contribution in [2.24, 2.45) is 0 Å². The summed E-state index contributed by atoms with van der Waals surface area (Å²) in [7, 11) is 0. The van der Waals surface area contributed by atoms with E-state index in [1.165, 1.54) is 16.7 Å². The fraction of sp³-hybridized carbons (Fsp3) is 0.444. The largest absolute Gasteiger partial charge is 0.348 e. The molecule has 5 nitrogen and oxygen atoms in total. The number of carbonyl (C=O) groups excluding carboxylic acids is 1. The third kappa shape index (κ3) is 3.97. The van der Waals surface area contributed by atoms with Crippen molar-refractivity contribution < 1.29 is 4.79 Å². The zero-order valence-corrected chi connectivity index (χ0v) is 15.2. The van der Waals surface area contributed by atoms with E-state index in [0.29, 0.717) is 12.2 Å². The molecule has 0 aliphatic carbocycles. The lowest BCUT2D eigenvalue weighted by Gasteiger charge is -2.17. The molecule has 24 heavy (non-hydrogen) atoms. The molecule has 1 unspecified atom stereocenters. The van der Waals surface area contributed by atoms with Crippen LogP contribution in [0, 0.1) is 13.8 Å². The van der Waals surface area contributed by atoms with E-state index >= 15 is 0 Å². The van der Waals surface area contributed by atoms with Crippen molar-refractivity contribution in [2.45, 2.75) is 46.2 Å². The lowest BCUT2D eigenvalue weighted by atomic mass is 9.99. The average Bonchev–Trinajstić information content (AvgIpc) is 2.94. The SMILES string of the molecule is Cc1ccc(CC(C)NC(=O)c2n[nH]c3c2CNCC3)c(C)c1.Cl. The molecule has 0 fully saturated rings. The van der Waals surface area contributed by atoms with E-state index < -0.39 is 0 Å². The average molecular weight is 349 g/mol. The topological polar surface area (TPSA) is 69.8 Å². The fourth-order valence-corrected chi connectivity index (χ4v) is 3.16. The van der Waals surface area contributed by atoms with Gasteiger partial charge in [-0.05, 0) is 38.3 Å². The van der Waals surface area contributed by atoms with E-state index in [9.17, 15) is 4.79 Å². The lowest BCUT2D eigenvalue weighted by Crippen LogP contribution is -2.35. The highest BCUT2D eigenvalue weighted by Crippen LogP contribution is 2.16. The van der Waals surface area contributed by atoms with Crippen LogP contribution in [0.3, 0.4) is 0 Å². The van der Waals surface area contributed by atoms with Crippen molar-refractivity contribution >= 4 is 18.3 Å². The van der Waals surface area contributed by atoms with Gasteiger partial charge in [0.1, 0.15) is 0 Å². The van der Waals surface area contributed by atoms with Crippen LogP contribution in [0.25, 0.3) is 0 Å². The van der Waals surface area contributed by atoms with Crippen LogP contribution in [-0.4, -0.2) is 28.7 Å². The van der Waals surface area contributed by atoms with Crippen LogP contribution >= 0.6 is 12.4 Å². The van der Waals surface area contributed by atoms with Crippen molar-refractivity contribution in [3.05, 3.63) is 51.8 Å². The second kappa shape index (κ2) is 7.81. The molecular formula is C18H25ClN4O. The summed E-state index contributed by atoms with van der Waals surface area (Å²) in [6, 6.07) is 6.51. The highest BCUT2D eigenvalue weighted by molar-refractivity contribution is 5.94. The Morgan fingerprint density at radius 2 is 2.17 bits per heavy atom. The third-order valence-corrected chi connectivity index (χ3v) is 4.42. The van der Waals surface area contributed by atoms with Crippen molar-refractivity contribution in [1.82, 2.24) is 20.8 Å². The summed E-state index contributed by atoms with van der Waals surface area (Å²) in [6.07, 6.45) is 1.72. The molecule has 130 valence electrons. The summed E-state index contributed by atoms with van der Waals surface area (Å²) in [6.45, 7) is 7.89. The molecular weight excluding hydrogens is 324 g/mol. The standard InChI is InChI=1S/C18H24N4O.ClH/c1-11-4-5-14(12(2)8-11)9-13(3)20-18(23)17-15-10-19-7-6-16(15)21-22-17;/h4-5,8,13,19H,6-7,9-10H2,1-3H3,(H,20,23)(H,21,22);1H. The van der Waals surface area contributed by atoms with Crippen molar-refractivity contribution in [1.29, 1.82) is 0 Å². The molecule has 1 aliphatic heterocycles. The monoisotopic (exact) mass is 348 g/mol. The first kappa shape index (κ1) is 18.5. The molecule has 1 aromatic heterocycles. The van der Waals surface area contributed by atoms with Crippen LogP contribution in [0.1, 0.15) is 45.4 Å². The molecule has 0 saturated carbocycles. The predicted octanol–water partition coefficient (Wildman–Crippen LogP) is 2.46. The van der Waals surface area contributed by atoms with Crippen molar-refractivity contribution in [2.75, 3.05) is 6.54 Å². The second-order valence-electron chi connectivity index (χ2n) is 6.46. The van der Waals surface area contributed by atoms with Gasteiger partial charge in [-0.15, -0.1) is 12.4 Å². The molecule has 1 aliphatic rings. The normalized spacial score (nSPS) is 14.5. The summed E-state index contributed by atoms with van der Waals surface area (Å²) in [5, 5.41) is 13.6. The van der Waals surface area contributed by atoms with Gasteiger partial charge in [0.25, 0.3) is 5.91 Å². The number of carbonyl (C=O) groups is 1. The van der Waals surface area contributed by atoms with E-state index in [-0.39, 0.29) is 24.4 Å². The minimum atomic E-state index is -0.0940. The maximum Gasteiger partial charge on any atom is 0.272 e. The van der Waals surface area contributed by atoms with Gasteiger partial charge in [-0.25, -0.2) is 0 Å². The van der Waals surface area contributed by atoms with E-state index in [1.807, 2.05) is 6.92 Å². The zero-order chi connectivity index (χ0) is 16.4. The number of fused-ring (bicyclic) bond motifs is 1. The molecule has 2 heterocycles. The maximum atomic E-state index is 12.5. The number of aromatic amines is 1. The Morgan fingerprint density at radius 3 is 2.92 bits per heavy atom. The molecule has 1 amide bonds. The Kier molecular flexibility index (Phi) is 6.02. The van der Waals surface area contributed by atoms with E-state index in [4.69, 9.17) is 0 Å². The molecule has 0 radical (unpaired) electrons. The number of aromatic nitrogens is 2. The number of halogens is 1. The summed E-state index contributed by atoms with van der Waals surface area (Å²) < 4.78 is 0. The molecule has 2 aromatic rings. The van der Waals surface area contributed by atoms with Crippen LogP contribution in [-0.2, 0) is 19.4 Å². The van der Waals surface area contributed by atoms with Crippen LogP contribution in [0.4, 0.5) is 0 Å². The highest BCUT2D eigenvalue weighted by Gasteiger charge is 2.22. The van der Waals surface area contributed by atoms with Gasteiger partial charge in [-0.3, -0.25) is 9.89 Å². The number of nitrogens with zero attached hydrogens (tertiary/aromatic N) is 1. The number of hydrogen-bond acceptors (Lipinski definition) is 3. The Balaban J connectivity index is 0.00000208. The number of H-pyrrole nitrogens is 1. The van der Waals surface area contributed by atoms with Gasteiger partial charge in [0.05, 0.1) is 0 Å². The molecule has 1 atom stereocenters. The Bertz CT molecular complexity index is 726. The van der Waals surface area contributed by atoms with Crippen LogP contribution < -0.4 is 10.6 Å². The molecule has 3 rings (SSSR count). The first-order valence-corrected chi connectivity index (χ1v) is 8.18. The van der Waals surface area contributed by atoms with Gasteiger partial charge in [-0.1, -0.05) is 23.8 Å². The molecule has 1 aromatic carbocycles. The van der Waals surface area contributed by atoms with E-state index in [1.54, 1.807) is 0 Å². The number of rotatable bonds is 4. The lowest BCUT2D eigenvalue weighted by molar-refractivity contribution is 0.0934. The van der Waals surface area contributed by atoms with Gasteiger partial charge in [0.15, 0.2) is 5.69 Å². The maximum absolute atomic E-state index is 12.5. The van der Waals surface area contributed by atoms with E-state index in [2.05, 4.69) is 52.9 Å². The van der Waals surface area contributed by atoms with Crippen LogP contribution in [0.5, 0.6) is 0 Å². The number of nitrogens with one attached hydrogen (secondary N) is 3. The number of aryl methyl sites for hydroxylation is 2. The quantitative estimate of drug-likeness (QED) is 0.795. The number of benzene rings is 1. The van der Waals surface area contributed by atoms with Crippen LogP contribution in [0.15, 0.2) is 18.2 Å². The number of hydrogen-bond donors (Lipinski definition) is 3. The van der Waals surface area contributed by atoms with Crippen LogP contribution in [0.2, 0.25) is 0 Å². The summed E-state index contributed by atoms with van der Waals surface area (Å²) in [5.74, 6) is -0.0940. The number of amides is 1. The molecule has 0 bridgehead atoms. The Hall–Kier alpha value is -1.85. The second-order valence-corrected chi connectivity index (χ2v) is 6.46. The van der Waals surface area contributed by atoms with Gasteiger partial charge in [0.2, 0.25) is 0 Å². The Labute approximate surface area is 149 Å². The van der Waals surface area contributed by atoms with Gasteiger partial charge in [0, 0.05) is 36.8 Å². The first-order chi connectivity index (χ1) is 11.0. The Morgan fingerprint density at radius 1 is 1.38 bits per heavy atom. The first-order valence-electron chi connectivity index (χ1n) is 8.18. The molecule has 0 saturated heterocycles. The zero-order valence-electron chi connectivity index (χ0n) is 14.4. The van der Waals surface area contributed by atoms with Crippen molar-refractivity contribution in [3.8, 4) is 0 Å². The summed E-state index contributed by atoms with van der Waals surface area (Å²) in [4.78, 5) is 12.5. The fourth-order valence-electron chi connectivity index (χ4n) is 3.16. The minimum absolute atomic E-state index is 0. The predicted molar refractivity (Wildman–Crippen MR) is 97.8 cm³/mol. The van der Waals surface area contributed by atoms with Crippen molar-refractivity contribution in [3.63, 3.8) is 0 Å². The third-order valence-electron chi connectivity index (χ3n) is 4.42. The molecule has 6 heteroatoms. The van der Waals surface area contributed by atoms with Gasteiger partial charge in [-0.2, -0.15) is 5.10 Å². The highest BCUT2D eigenvalue weighted by atomic mass is 35.5. The summed E-state index contributed by atoms with van der Waals surface area (Å²) >= 11 is 0. The van der Waals surface area contributed by atoms with Gasteiger partial charge < -0.3 is 10.6 Å². The minimum Gasteiger partial charge on any atom is -0.348 e. The molecule has 3 N–H and O–H groups in total. The van der Waals surface area contributed by atoms with E-state index in [0.717, 1.165) is 30.6 Å². The smallest absolute Gasteiger partial charge is 0.272 e. The van der Waals surface area contributed by atoms with Gasteiger partial charge >= 0.3 is 0 Å². The summed E-state index contributed by atoms with van der Waals surface area (Å²) in [5.41, 5.74) is 6.42.